The van der Waals surface area contributed by atoms with E-state index in [2.05, 4.69) is 10.1 Å². The first-order valence-corrected chi connectivity index (χ1v) is 4.70. The van der Waals surface area contributed by atoms with Gasteiger partial charge in [-0.05, 0) is 6.92 Å². The van der Waals surface area contributed by atoms with E-state index in [-0.39, 0.29) is 11.4 Å². The highest BCUT2D eigenvalue weighted by Crippen LogP contribution is 2.12. The molecule has 1 aromatic heterocycles. The van der Waals surface area contributed by atoms with Gasteiger partial charge in [0.1, 0.15) is 12.3 Å². The van der Waals surface area contributed by atoms with Gasteiger partial charge in [-0.25, -0.2) is 4.98 Å². The van der Waals surface area contributed by atoms with Crippen molar-refractivity contribution < 1.29 is 9.63 Å². The molecule has 0 fully saturated rings. The molecule has 0 spiro atoms. The molecule has 75 valence electrons. The zero-order valence-corrected chi connectivity index (χ0v) is 8.30. The van der Waals surface area contributed by atoms with Gasteiger partial charge in [0.15, 0.2) is 10.8 Å². The van der Waals surface area contributed by atoms with E-state index in [1.165, 1.54) is 11.3 Å². The Balaban J connectivity index is 2.94. The lowest BCUT2D eigenvalue weighted by molar-refractivity contribution is -0.112. The van der Waals surface area contributed by atoms with Crippen LogP contribution in [-0.2, 0) is 9.63 Å². The van der Waals surface area contributed by atoms with Gasteiger partial charge in [0.25, 0.3) is 5.91 Å². The van der Waals surface area contributed by atoms with Crippen molar-refractivity contribution in [3.05, 3.63) is 11.1 Å². The molecule has 0 unspecified atom stereocenters. The minimum atomic E-state index is -0.941. The second-order valence-corrected chi connectivity index (χ2v) is 3.15. The van der Waals surface area contributed by atoms with Crippen LogP contribution in [0.5, 0.6) is 0 Å². The van der Waals surface area contributed by atoms with Crippen LogP contribution in [0.15, 0.2) is 10.5 Å². The molecule has 0 saturated carbocycles. The Labute approximate surface area is 84.6 Å². The van der Waals surface area contributed by atoms with E-state index >= 15 is 0 Å². The largest absolute Gasteiger partial charge is 0.395 e. The number of nitrogen functional groups attached to an aromatic ring is 1. The van der Waals surface area contributed by atoms with Crippen LogP contribution < -0.4 is 11.5 Å². The number of rotatable bonds is 4. The monoisotopic (exact) mass is 213 g/mol. The molecule has 0 aromatic carbocycles. The summed E-state index contributed by atoms with van der Waals surface area (Å²) in [6.07, 6.45) is 0. The van der Waals surface area contributed by atoms with Crippen molar-refractivity contribution >= 4 is 28.1 Å². The van der Waals surface area contributed by atoms with Crippen LogP contribution in [-0.4, -0.2) is 23.2 Å². The van der Waals surface area contributed by atoms with Gasteiger partial charge in [0.2, 0.25) is 0 Å². The maximum atomic E-state index is 10.8. The Kier molecular flexibility index (Phi) is 3.41. The third kappa shape index (κ3) is 2.43. The molecule has 0 aliphatic heterocycles. The van der Waals surface area contributed by atoms with Crippen molar-refractivity contribution in [3.63, 3.8) is 0 Å². The van der Waals surface area contributed by atoms with Crippen LogP contribution in [0, 0.1) is 0 Å². The summed E-state index contributed by atoms with van der Waals surface area (Å²) in [5.74, 6) is -0.941. The molecule has 0 aliphatic rings. The number of nitrogens with one attached hydrogen (secondary N) is 1. The smallest absolute Gasteiger partial charge is 0.294 e. The summed E-state index contributed by atoms with van der Waals surface area (Å²) < 4.78 is 0. The highest BCUT2D eigenvalue weighted by Gasteiger charge is 2.15. The molecule has 1 rings (SSSR count). The number of amides is 1. The molecule has 3 N–H and O–H groups in total. The van der Waals surface area contributed by atoms with Gasteiger partial charge in [-0.1, -0.05) is 5.16 Å². The average Bonchev–Trinajstić information content (AvgIpc) is 2.52. The van der Waals surface area contributed by atoms with E-state index in [4.69, 9.17) is 16.3 Å². The number of carbonyl (C=O) groups excluding carboxylic acids is 1. The molecule has 0 saturated heterocycles. The van der Waals surface area contributed by atoms with Crippen LogP contribution in [0.1, 0.15) is 12.6 Å². The summed E-state index contributed by atoms with van der Waals surface area (Å²) in [7, 11) is 0. The predicted octanol–water partition coefficient (Wildman–Crippen LogP) is 0.275. The molecule has 0 bridgehead atoms. The molecule has 1 amide bonds. The number of anilines is 1. The average molecular weight is 213 g/mol. The number of oxime groups is 1. The molecule has 0 aliphatic carbocycles. The summed E-state index contributed by atoms with van der Waals surface area (Å²) in [4.78, 5) is 19.4. The van der Waals surface area contributed by atoms with Crippen LogP contribution in [0.25, 0.3) is 0 Å². The fourth-order valence-corrected chi connectivity index (χ4v) is 1.28. The first-order chi connectivity index (χ1) is 6.65. The lowest BCUT2D eigenvalue weighted by atomic mass is 10.3. The maximum absolute atomic E-state index is 10.8. The van der Waals surface area contributed by atoms with Crippen molar-refractivity contribution in [1.29, 1.82) is 0 Å². The van der Waals surface area contributed by atoms with E-state index in [0.717, 1.165) is 0 Å². The van der Waals surface area contributed by atoms with Crippen molar-refractivity contribution in [2.45, 2.75) is 6.92 Å². The van der Waals surface area contributed by atoms with Gasteiger partial charge < -0.3 is 10.6 Å². The third-order valence-electron chi connectivity index (χ3n) is 1.26. The summed E-state index contributed by atoms with van der Waals surface area (Å²) in [5.41, 5.74) is 12.5. The van der Waals surface area contributed by atoms with Crippen LogP contribution in [0.3, 0.4) is 0 Å². The number of nitrogens with zero attached hydrogens (tertiary/aromatic N) is 2. The molecule has 1 radical (unpaired) electrons. The minimum absolute atomic E-state index is 0.125. The van der Waals surface area contributed by atoms with Crippen LogP contribution >= 0.6 is 11.3 Å². The Bertz CT molecular complexity index is 360. The summed E-state index contributed by atoms with van der Waals surface area (Å²) in [5, 5.41) is 5.37. The number of nitrogens with two attached hydrogens (primary N) is 1. The van der Waals surface area contributed by atoms with Crippen molar-refractivity contribution in [1.82, 2.24) is 10.7 Å². The van der Waals surface area contributed by atoms with E-state index in [0.29, 0.717) is 11.7 Å². The van der Waals surface area contributed by atoms with E-state index in [9.17, 15) is 4.79 Å². The van der Waals surface area contributed by atoms with Gasteiger partial charge in [0.05, 0.1) is 0 Å². The molecule has 0 atom stereocenters. The normalized spacial score (nSPS) is 11.4. The Morgan fingerprint density at radius 1 is 1.86 bits per heavy atom. The van der Waals surface area contributed by atoms with E-state index in [1.54, 1.807) is 12.3 Å². The predicted molar refractivity (Wildman–Crippen MR) is 52.8 cm³/mol. The van der Waals surface area contributed by atoms with E-state index < -0.39 is 5.91 Å². The van der Waals surface area contributed by atoms with Crippen molar-refractivity contribution in [2.24, 2.45) is 5.16 Å². The summed E-state index contributed by atoms with van der Waals surface area (Å²) in [6.45, 7) is 2.06. The van der Waals surface area contributed by atoms with Gasteiger partial charge in [0, 0.05) is 5.38 Å². The maximum Gasteiger partial charge on any atom is 0.294 e. The van der Waals surface area contributed by atoms with E-state index in [1.807, 2.05) is 0 Å². The van der Waals surface area contributed by atoms with Gasteiger partial charge in [-0.15, -0.1) is 11.3 Å². The fraction of sp³-hybridized carbons (Fsp3) is 0.286. The third-order valence-corrected chi connectivity index (χ3v) is 1.94. The van der Waals surface area contributed by atoms with Gasteiger partial charge in [-0.3, -0.25) is 10.5 Å². The molecular weight excluding hydrogens is 204 g/mol. The van der Waals surface area contributed by atoms with Crippen molar-refractivity contribution in [2.75, 3.05) is 12.3 Å². The highest BCUT2D eigenvalue weighted by molar-refractivity contribution is 7.13. The second kappa shape index (κ2) is 4.56. The lowest BCUT2D eigenvalue weighted by Gasteiger charge is -1.96. The number of hydrogen-bond donors (Lipinski definition) is 1. The van der Waals surface area contributed by atoms with Gasteiger partial charge >= 0.3 is 0 Å². The number of hydrogen-bond acceptors (Lipinski definition) is 6. The molecule has 7 heteroatoms. The molecular formula is C7H9N4O2S. The quantitative estimate of drug-likeness (QED) is 0.573. The Morgan fingerprint density at radius 3 is 3.00 bits per heavy atom. The lowest BCUT2D eigenvalue weighted by Crippen LogP contribution is -2.17. The van der Waals surface area contributed by atoms with Crippen LogP contribution in [0.4, 0.5) is 5.13 Å². The second-order valence-electron chi connectivity index (χ2n) is 2.26. The van der Waals surface area contributed by atoms with Gasteiger partial charge in [-0.2, -0.15) is 0 Å². The summed E-state index contributed by atoms with van der Waals surface area (Å²) >= 11 is 1.18. The van der Waals surface area contributed by atoms with Crippen molar-refractivity contribution in [3.8, 4) is 0 Å². The topological polar surface area (TPSA) is 101 Å². The Hall–Kier alpha value is -1.63. The fourth-order valence-electron chi connectivity index (χ4n) is 0.730. The number of thiazole rings is 1. The highest BCUT2D eigenvalue weighted by atomic mass is 32.1. The standard InChI is InChI=1S/C7H9N4O2S/c1-2-13-11-5(6(8)12)4-3-14-7(9)10-4/h3,8H,2H2,1H3,(H2,9,10)/b11-5-. The first kappa shape index (κ1) is 10.5. The number of aromatic nitrogens is 1. The number of carbonyl (C=O) groups is 1. The zero-order chi connectivity index (χ0) is 10.6. The molecule has 1 heterocycles. The van der Waals surface area contributed by atoms with Crippen LogP contribution in [0.2, 0.25) is 0 Å². The summed E-state index contributed by atoms with van der Waals surface area (Å²) in [6, 6.07) is 0. The first-order valence-electron chi connectivity index (χ1n) is 3.82. The minimum Gasteiger partial charge on any atom is -0.395 e. The Morgan fingerprint density at radius 2 is 2.57 bits per heavy atom. The zero-order valence-electron chi connectivity index (χ0n) is 7.48. The SMILES string of the molecule is CCO/N=C(\C([NH])=O)c1csc(N)n1. The molecule has 6 nitrogen and oxygen atoms in total. The molecule has 1 aromatic rings. The molecule has 14 heavy (non-hydrogen) atoms.